The molecule has 0 amide bonds. The van der Waals surface area contributed by atoms with Crippen molar-refractivity contribution in [3.8, 4) is 23.0 Å². The van der Waals surface area contributed by atoms with Crippen LogP contribution in [0.2, 0.25) is 0 Å². The van der Waals surface area contributed by atoms with Gasteiger partial charge in [0.1, 0.15) is 5.52 Å². The molecule has 1 aliphatic heterocycles. The van der Waals surface area contributed by atoms with Crippen molar-refractivity contribution in [2.75, 3.05) is 6.79 Å². The summed E-state index contributed by atoms with van der Waals surface area (Å²) in [6, 6.07) is 17.7. The Bertz CT molecular complexity index is 1220. The highest BCUT2D eigenvalue weighted by Crippen LogP contribution is 2.32. The first-order valence-electron chi connectivity index (χ1n) is 9.08. The first-order chi connectivity index (χ1) is 13.7. The minimum atomic E-state index is 0.265. The standard InChI is InChI=1S/C23H18N2O3/c1-14-3-5-17(9-15(14)2)23-25-19-11-18(6-8-20(19)28-23)24-12-16-4-7-21-22(10-16)27-13-26-21/h3-12H,13H2,1-2H3. The normalized spacial score (nSPS) is 12.9. The van der Waals surface area contributed by atoms with Crippen molar-refractivity contribution in [2.45, 2.75) is 13.8 Å². The lowest BCUT2D eigenvalue weighted by Gasteiger charge is -2.01. The summed E-state index contributed by atoms with van der Waals surface area (Å²) in [7, 11) is 0. The quantitative estimate of drug-likeness (QED) is 0.441. The molecule has 1 aliphatic rings. The minimum absolute atomic E-state index is 0.265. The summed E-state index contributed by atoms with van der Waals surface area (Å²) in [5.41, 5.74) is 6.73. The highest BCUT2D eigenvalue weighted by Gasteiger charge is 2.13. The van der Waals surface area contributed by atoms with Crippen LogP contribution in [0.5, 0.6) is 11.5 Å². The van der Waals surface area contributed by atoms with Gasteiger partial charge in [-0.2, -0.15) is 0 Å². The molecule has 0 saturated carbocycles. The van der Waals surface area contributed by atoms with Crippen LogP contribution < -0.4 is 9.47 Å². The minimum Gasteiger partial charge on any atom is -0.454 e. The molecule has 0 N–H and O–H groups in total. The number of oxazole rings is 1. The molecular weight excluding hydrogens is 352 g/mol. The largest absolute Gasteiger partial charge is 0.454 e. The summed E-state index contributed by atoms with van der Waals surface area (Å²) in [4.78, 5) is 9.20. The number of aliphatic imine (C=N–C) groups is 1. The van der Waals surface area contributed by atoms with Crippen LogP contribution in [-0.4, -0.2) is 18.0 Å². The second-order valence-electron chi connectivity index (χ2n) is 6.84. The van der Waals surface area contributed by atoms with E-state index in [4.69, 9.17) is 13.9 Å². The van der Waals surface area contributed by atoms with Crippen molar-refractivity contribution in [3.05, 3.63) is 71.3 Å². The lowest BCUT2D eigenvalue weighted by Crippen LogP contribution is -1.92. The van der Waals surface area contributed by atoms with Gasteiger partial charge in [0.2, 0.25) is 12.7 Å². The Kier molecular flexibility index (Phi) is 3.86. The first-order valence-corrected chi connectivity index (χ1v) is 9.08. The molecule has 0 radical (unpaired) electrons. The van der Waals surface area contributed by atoms with E-state index in [0.717, 1.165) is 39.4 Å². The van der Waals surface area contributed by atoms with Gasteiger partial charge in [0, 0.05) is 11.8 Å². The first kappa shape index (κ1) is 16.6. The third kappa shape index (κ3) is 3.01. The molecule has 5 nitrogen and oxygen atoms in total. The van der Waals surface area contributed by atoms with E-state index in [1.54, 1.807) is 6.21 Å². The Morgan fingerprint density at radius 2 is 1.79 bits per heavy atom. The molecule has 28 heavy (non-hydrogen) atoms. The molecule has 5 rings (SSSR count). The molecule has 5 heteroatoms. The maximum absolute atomic E-state index is 5.92. The fourth-order valence-electron chi connectivity index (χ4n) is 3.14. The smallest absolute Gasteiger partial charge is 0.231 e. The van der Waals surface area contributed by atoms with Gasteiger partial charge in [-0.05, 0) is 79.1 Å². The van der Waals surface area contributed by atoms with E-state index in [1.807, 2.05) is 42.5 Å². The SMILES string of the molecule is Cc1ccc(-c2nc3cc(N=Cc4ccc5c(c4)OCO5)ccc3o2)cc1C. The Hall–Kier alpha value is -3.60. The summed E-state index contributed by atoms with van der Waals surface area (Å²) in [6.45, 7) is 4.45. The van der Waals surface area contributed by atoms with Gasteiger partial charge in [-0.1, -0.05) is 6.07 Å². The van der Waals surface area contributed by atoms with Crippen LogP contribution >= 0.6 is 0 Å². The molecule has 0 bridgehead atoms. The van der Waals surface area contributed by atoms with Crippen molar-refractivity contribution in [3.63, 3.8) is 0 Å². The summed E-state index contributed by atoms with van der Waals surface area (Å²) in [5, 5.41) is 0. The number of nitrogens with zero attached hydrogens (tertiary/aromatic N) is 2. The van der Waals surface area contributed by atoms with Crippen LogP contribution in [0.15, 0.2) is 64.0 Å². The maximum Gasteiger partial charge on any atom is 0.231 e. The maximum atomic E-state index is 5.92. The predicted molar refractivity (Wildman–Crippen MR) is 109 cm³/mol. The van der Waals surface area contributed by atoms with Gasteiger partial charge in [0.05, 0.1) is 5.69 Å². The van der Waals surface area contributed by atoms with Crippen molar-refractivity contribution >= 4 is 23.0 Å². The lowest BCUT2D eigenvalue weighted by atomic mass is 10.1. The average molecular weight is 370 g/mol. The molecule has 0 atom stereocenters. The van der Waals surface area contributed by atoms with Gasteiger partial charge in [0.15, 0.2) is 17.1 Å². The lowest BCUT2D eigenvalue weighted by molar-refractivity contribution is 0.174. The van der Waals surface area contributed by atoms with Crippen LogP contribution in [-0.2, 0) is 0 Å². The highest BCUT2D eigenvalue weighted by atomic mass is 16.7. The number of benzene rings is 3. The van der Waals surface area contributed by atoms with Crippen LogP contribution in [0.3, 0.4) is 0 Å². The number of fused-ring (bicyclic) bond motifs is 2. The average Bonchev–Trinajstić information content (AvgIpc) is 3.34. The third-order valence-corrected chi connectivity index (χ3v) is 4.88. The topological polar surface area (TPSA) is 56.9 Å². The number of hydrogen-bond donors (Lipinski definition) is 0. The summed E-state index contributed by atoms with van der Waals surface area (Å²) < 4.78 is 16.7. The zero-order valence-electron chi connectivity index (χ0n) is 15.6. The zero-order valence-corrected chi connectivity index (χ0v) is 15.6. The van der Waals surface area contributed by atoms with Crippen LogP contribution in [0.25, 0.3) is 22.6 Å². The van der Waals surface area contributed by atoms with Crippen molar-refractivity contribution in [1.29, 1.82) is 0 Å². The fourth-order valence-corrected chi connectivity index (χ4v) is 3.14. The Balaban J connectivity index is 1.44. The van der Waals surface area contributed by atoms with Gasteiger partial charge in [-0.25, -0.2) is 4.98 Å². The number of aromatic nitrogens is 1. The van der Waals surface area contributed by atoms with Crippen molar-refractivity contribution in [2.24, 2.45) is 4.99 Å². The van der Waals surface area contributed by atoms with E-state index in [1.165, 1.54) is 11.1 Å². The molecule has 0 saturated heterocycles. The van der Waals surface area contributed by atoms with E-state index < -0.39 is 0 Å². The van der Waals surface area contributed by atoms with Crippen molar-refractivity contribution < 1.29 is 13.9 Å². The second-order valence-corrected chi connectivity index (χ2v) is 6.84. The molecule has 2 heterocycles. The van der Waals surface area contributed by atoms with Gasteiger partial charge in [0.25, 0.3) is 0 Å². The fraction of sp³-hybridized carbons (Fsp3) is 0.130. The van der Waals surface area contributed by atoms with Gasteiger partial charge < -0.3 is 13.9 Å². The Morgan fingerprint density at radius 3 is 2.68 bits per heavy atom. The summed E-state index contributed by atoms with van der Waals surface area (Å²) in [6.07, 6.45) is 1.80. The number of rotatable bonds is 3. The van der Waals surface area contributed by atoms with E-state index in [9.17, 15) is 0 Å². The summed E-state index contributed by atoms with van der Waals surface area (Å²) >= 11 is 0. The molecule has 0 unspecified atom stereocenters. The summed E-state index contributed by atoms with van der Waals surface area (Å²) in [5.74, 6) is 2.13. The molecule has 4 aromatic rings. The van der Waals surface area contributed by atoms with E-state index in [0.29, 0.717) is 5.89 Å². The Labute approximate surface area is 162 Å². The predicted octanol–water partition coefficient (Wildman–Crippen LogP) is 5.59. The molecule has 0 fully saturated rings. The van der Waals surface area contributed by atoms with E-state index >= 15 is 0 Å². The zero-order chi connectivity index (χ0) is 19.1. The molecule has 1 aromatic heterocycles. The van der Waals surface area contributed by atoms with E-state index in [-0.39, 0.29) is 6.79 Å². The molecule has 0 spiro atoms. The molecule has 3 aromatic carbocycles. The third-order valence-electron chi connectivity index (χ3n) is 4.88. The highest BCUT2D eigenvalue weighted by molar-refractivity contribution is 5.85. The number of ether oxygens (including phenoxy) is 2. The van der Waals surface area contributed by atoms with Crippen molar-refractivity contribution in [1.82, 2.24) is 4.98 Å². The van der Waals surface area contributed by atoms with E-state index in [2.05, 4.69) is 36.0 Å². The molecule has 0 aliphatic carbocycles. The van der Waals surface area contributed by atoms with Gasteiger partial charge in [-0.3, -0.25) is 4.99 Å². The van der Waals surface area contributed by atoms with Crippen LogP contribution in [0, 0.1) is 13.8 Å². The molecule has 138 valence electrons. The monoisotopic (exact) mass is 370 g/mol. The van der Waals surface area contributed by atoms with Crippen LogP contribution in [0.4, 0.5) is 5.69 Å². The number of hydrogen-bond acceptors (Lipinski definition) is 5. The van der Waals surface area contributed by atoms with Gasteiger partial charge >= 0.3 is 0 Å². The van der Waals surface area contributed by atoms with Crippen LogP contribution in [0.1, 0.15) is 16.7 Å². The second kappa shape index (κ2) is 6.53. The number of aryl methyl sites for hydroxylation is 2. The molecular formula is C23H18N2O3. The van der Waals surface area contributed by atoms with Gasteiger partial charge in [-0.15, -0.1) is 0 Å². The Morgan fingerprint density at radius 1 is 0.893 bits per heavy atom.